The number of halogens is 3. The van der Waals surface area contributed by atoms with E-state index in [9.17, 15) is 0 Å². The first kappa shape index (κ1) is 13.5. The highest BCUT2D eigenvalue weighted by atomic mass is 35.5. The summed E-state index contributed by atoms with van der Waals surface area (Å²) in [6, 6.07) is 5.10. The van der Waals surface area contributed by atoms with Gasteiger partial charge >= 0.3 is 0 Å². The predicted octanol–water partition coefficient (Wildman–Crippen LogP) is 3.40. The highest BCUT2D eigenvalue weighted by Crippen LogP contribution is 2.27. The van der Waals surface area contributed by atoms with E-state index < -0.39 is 0 Å². The van der Waals surface area contributed by atoms with E-state index in [2.05, 4.69) is 10.3 Å². The van der Waals surface area contributed by atoms with Crippen molar-refractivity contribution in [2.75, 3.05) is 6.61 Å². The van der Waals surface area contributed by atoms with Crippen LogP contribution in [-0.2, 0) is 12.4 Å². The van der Waals surface area contributed by atoms with Gasteiger partial charge in [0.25, 0.3) is 0 Å². The Bertz CT molecular complexity index is 530. The first-order valence-corrected chi connectivity index (χ1v) is 6.51. The third-order valence-corrected chi connectivity index (χ3v) is 3.00. The summed E-state index contributed by atoms with van der Waals surface area (Å²) in [5.41, 5.74) is 0.737. The van der Waals surface area contributed by atoms with Gasteiger partial charge in [-0.25, -0.2) is 4.68 Å². The molecule has 18 heavy (non-hydrogen) atoms. The van der Waals surface area contributed by atoms with Crippen molar-refractivity contribution in [3.05, 3.63) is 40.1 Å². The van der Waals surface area contributed by atoms with Crippen molar-refractivity contribution in [3.63, 3.8) is 0 Å². The van der Waals surface area contributed by atoms with Gasteiger partial charge in [-0.05, 0) is 18.2 Å². The Labute approximate surface area is 119 Å². The summed E-state index contributed by atoms with van der Waals surface area (Å²) >= 11 is 17.4. The number of ether oxygens (including phenoxy) is 1. The number of hydrogen-bond acceptors (Lipinski definition) is 3. The summed E-state index contributed by atoms with van der Waals surface area (Å²) in [6.45, 7) is 1.01. The fraction of sp³-hybridized carbons (Fsp3) is 0.273. The van der Waals surface area contributed by atoms with Crippen molar-refractivity contribution in [1.29, 1.82) is 0 Å². The molecule has 0 unspecified atom stereocenters. The van der Waals surface area contributed by atoms with Gasteiger partial charge in [-0.2, -0.15) is 0 Å². The Morgan fingerprint density at radius 1 is 1.28 bits per heavy atom. The SMILES string of the molecule is ClCc1cn(CCOc2ccc(Cl)cc2Cl)nn1. The summed E-state index contributed by atoms with van der Waals surface area (Å²) in [5.74, 6) is 0.947. The van der Waals surface area contributed by atoms with Crippen LogP contribution in [-0.4, -0.2) is 21.6 Å². The van der Waals surface area contributed by atoms with Crippen LogP contribution in [0.15, 0.2) is 24.4 Å². The third kappa shape index (κ3) is 3.51. The zero-order chi connectivity index (χ0) is 13.0. The summed E-state index contributed by atoms with van der Waals surface area (Å²) in [5, 5.41) is 8.84. The Morgan fingerprint density at radius 2 is 2.11 bits per heavy atom. The first-order chi connectivity index (χ1) is 8.69. The molecule has 1 aromatic heterocycles. The average molecular weight is 307 g/mol. The standard InChI is InChI=1S/C11H10Cl3N3O/c12-6-9-7-17(16-15-9)3-4-18-11-2-1-8(13)5-10(11)14/h1-2,5,7H,3-4,6H2. The van der Waals surface area contributed by atoms with Gasteiger partial charge in [-0.1, -0.05) is 28.4 Å². The molecule has 0 N–H and O–H groups in total. The molecular weight excluding hydrogens is 296 g/mol. The van der Waals surface area contributed by atoms with E-state index in [4.69, 9.17) is 39.5 Å². The lowest BCUT2D eigenvalue weighted by Gasteiger charge is -2.07. The second kappa shape index (κ2) is 6.27. The van der Waals surface area contributed by atoms with Crippen LogP contribution in [0, 0.1) is 0 Å². The highest BCUT2D eigenvalue weighted by Gasteiger charge is 2.03. The van der Waals surface area contributed by atoms with Crippen molar-refractivity contribution >= 4 is 34.8 Å². The number of alkyl halides is 1. The smallest absolute Gasteiger partial charge is 0.138 e. The minimum absolute atomic E-state index is 0.351. The second-order valence-corrected chi connectivity index (χ2v) is 4.64. The molecule has 0 aliphatic carbocycles. The maximum absolute atomic E-state index is 5.98. The zero-order valence-corrected chi connectivity index (χ0v) is 11.6. The lowest BCUT2D eigenvalue weighted by atomic mass is 10.3. The summed E-state index contributed by atoms with van der Waals surface area (Å²) in [7, 11) is 0. The molecule has 0 atom stereocenters. The summed E-state index contributed by atoms with van der Waals surface area (Å²) < 4.78 is 7.19. The van der Waals surface area contributed by atoms with Gasteiger partial charge in [0.15, 0.2) is 0 Å². The van der Waals surface area contributed by atoms with E-state index in [0.29, 0.717) is 34.8 Å². The largest absolute Gasteiger partial charge is 0.490 e. The lowest BCUT2D eigenvalue weighted by molar-refractivity contribution is 0.290. The quantitative estimate of drug-likeness (QED) is 0.795. The van der Waals surface area contributed by atoms with Crippen LogP contribution in [0.2, 0.25) is 10.0 Å². The fourth-order valence-corrected chi connectivity index (χ4v) is 1.94. The average Bonchev–Trinajstić information content (AvgIpc) is 2.80. The van der Waals surface area contributed by atoms with Crippen LogP contribution in [0.3, 0.4) is 0 Å². The van der Waals surface area contributed by atoms with E-state index in [1.165, 1.54) is 0 Å². The minimum atomic E-state index is 0.351. The van der Waals surface area contributed by atoms with Crippen LogP contribution < -0.4 is 4.74 Å². The van der Waals surface area contributed by atoms with Gasteiger partial charge in [0.2, 0.25) is 0 Å². The van der Waals surface area contributed by atoms with Gasteiger partial charge in [0.05, 0.1) is 23.1 Å². The Hall–Kier alpha value is -0.970. The number of hydrogen-bond donors (Lipinski definition) is 0. The molecular formula is C11H10Cl3N3O. The van der Waals surface area contributed by atoms with Crippen molar-refractivity contribution in [3.8, 4) is 5.75 Å². The van der Waals surface area contributed by atoms with Crippen LogP contribution in [0.25, 0.3) is 0 Å². The molecule has 0 bridgehead atoms. The normalized spacial score (nSPS) is 10.6. The molecule has 0 fully saturated rings. The molecule has 0 aliphatic heterocycles. The fourth-order valence-electron chi connectivity index (χ4n) is 1.35. The Balaban J connectivity index is 1.88. The molecule has 1 heterocycles. The Kier molecular flexibility index (Phi) is 4.69. The molecule has 2 aromatic rings. The van der Waals surface area contributed by atoms with Crippen LogP contribution >= 0.6 is 34.8 Å². The van der Waals surface area contributed by atoms with E-state index in [0.717, 1.165) is 5.69 Å². The van der Waals surface area contributed by atoms with Gasteiger partial charge in [0, 0.05) is 11.2 Å². The molecule has 2 rings (SSSR count). The molecule has 0 radical (unpaired) electrons. The molecule has 4 nitrogen and oxygen atoms in total. The molecule has 0 amide bonds. The molecule has 7 heteroatoms. The molecule has 0 aliphatic rings. The minimum Gasteiger partial charge on any atom is -0.490 e. The number of benzene rings is 1. The van der Waals surface area contributed by atoms with Crippen molar-refractivity contribution in [2.45, 2.75) is 12.4 Å². The maximum Gasteiger partial charge on any atom is 0.138 e. The number of rotatable bonds is 5. The van der Waals surface area contributed by atoms with Crippen LogP contribution in [0.1, 0.15) is 5.69 Å². The van der Waals surface area contributed by atoms with E-state index in [-0.39, 0.29) is 0 Å². The lowest BCUT2D eigenvalue weighted by Crippen LogP contribution is -2.08. The Morgan fingerprint density at radius 3 is 2.78 bits per heavy atom. The molecule has 0 saturated heterocycles. The first-order valence-electron chi connectivity index (χ1n) is 5.22. The summed E-state index contributed by atoms with van der Waals surface area (Å²) in [4.78, 5) is 0. The molecule has 96 valence electrons. The maximum atomic E-state index is 5.98. The third-order valence-electron chi connectivity index (χ3n) is 2.19. The zero-order valence-electron chi connectivity index (χ0n) is 9.31. The van der Waals surface area contributed by atoms with Gasteiger partial charge in [-0.3, -0.25) is 0 Å². The van der Waals surface area contributed by atoms with Crippen molar-refractivity contribution in [1.82, 2.24) is 15.0 Å². The van der Waals surface area contributed by atoms with Crippen LogP contribution in [0.5, 0.6) is 5.75 Å². The topological polar surface area (TPSA) is 39.9 Å². The highest BCUT2D eigenvalue weighted by molar-refractivity contribution is 6.35. The van der Waals surface area contributed by atoms with E-state index in [1.54, 1.807) is 29.1 Å². The second-order valence-electron chi connectivity index (χ2n) is 3.53. The van der Waals surface area contributed by atoms with E-state index >= 15 is 0 Å². The predicted molar refractivity (Wildman–Crippen MR) is 71.5 cm³/mol. The van der Waals surface area contributed by atoms with Crippen molar-refractivity contribution < 1.29 is 4.74 Å². The van der Waals surface area contributed by atoms with Gasteiger partial charge in [0.1, 0.15) is 12.4 Å². The monoisotopic (exact) mass is 305 g/mol. The van der Waals surface area contributed by atoms with E-state index in [1.807, 2.05) is 0 Å². The molecule has 0 spiro atoms. The molecule has 1 aromatic carbocycles. The van der Waals surface area contributed by atoms with Gasteiger partial charge < -0.3 is 4.74 Å². The summed E-state index contributed by atoms with van der Waals surface area (Å²) in [6.07, 6.45) is 1.78. The molecule has 0 saturated carbocycles. The van der Waals surface area contributed by atoms with Crippen LogP contribution in [0.4, 0.5) is 0 Å². The van der Waals surface area contributed by atoms with Crippen molar-refractivity contribution in [2.24, 2.45) is 0 Å². The van der Waals surface area contributed by atoms with Gasteiger partial charge in [-0.15, -0.1) is 16.7 Å². The number of nitrogens with zero attached hydrogens (tertiary/aromatic N) is 3. The number of aromatic nitrogens is 3.